The fourth-order valence-electron chi connectivity index (χ4n) is 1.58. The van der Waals surface area contributed by atoms with Crippen LogP contribution in [0.15, 0.2) is 36.7 Å². The third-order valence-corrected chi connectivity index (χ3v) is 2.67. The fraction of sp³-hybridized carbons (Fsp3) is 0.154. The number of hydrogen-bond donors (Lipinski definition) is 1. The molecule has 1 aromatic carbocycles. The molecule has 0 aliphatic heterocycles. The third-order valence-electron chi connectivity index (χ3n) is 2.67. The zero-order valence-corrected chi connectivity index (χ0v) is 8.99. The van der Waals surface area contributed by atoms with Gasteiger partial charge in [-0.25, -0.2) is 0 Å². The van der Waals surface area contributed by atoms with Gasteiger partial charge in [-0.1, -0.05) is 18.2 Å². The minimum absolute atomic E-state index is 0.723. The van der Waals surface area contributed by atoms with Gasteiger partial charge < -0.3 is 5.73 Å². The zero-order valence-electron chi connectivity index (χ0n) is 8.99. The molecule has 76 valence electrons. The van der Waals surface area contributed by atoms with E-state index in [4.69, 9.17) is 5.73 Å². The van der Waals surface area contributed by atoms with Crippen molar-refractivity contribution in [2.75, 3.05) is 5.73 Å². The van der Waals surface area contributed by atoms with Gasteiger partial charge in [0.25, 0.3) is 0 Å². The van der Waals surface area contributed by atoms with E-state index in [1.54, 1.807) is 12.4 Å². The molecule has 2 rings (SSSR count). The van der Waals surface area contributed by atoms with Crippen LogP contribution in [0.2, 0.25) is 0 Å². The van der Waals surface area contributed by atoms with Crippen LogP contribution in [0.4, 0.5) is 5.69 Å². The number of pyridine rings is 1. The first-order valence-electron chi connectivity index (χ1n) is 4.95. The van der Waals surface area contributed by atoms with Gasteiger partial charge in [0.1, 0.15) is 0 Å². The molecular formula is C13H14N2. The highest BCUT2D eigenvalue weighted by molar-refractivity contribution is 5.75. The van der Waals surface area contributed by atoms with Crippen LogP contribution in [0.25, 0.3) is 11.1 Å². The molecule has 0 radical (unpaired) electrons. The molecule has 2 N–H and O–H groups in total. The third kappa shape index (κ3) is 1.84. The summed E-state index contributed by atoms with van der Waals surface area (Å²) in [5, 5.41) is 0. The van der Waals surface area contributed by atoms with Crippen LogP contribution in [0.5, 0.6) is 0 Å². The minimum Gasteiger partial charge on any atom is -0.397 e. The SMILES string of the molecule is Cc1ccc(-c2ccncc2N)cc1C. The van der Waals surface area contributed by atoms with Crippen LogP contribution < -0.4 is 5.73 Å². The highest BCUT2D eigenvalue weighted by Crippen LogP contribution is 2.26. The predicted octanol–water partition coefficient (Wildman–Crippen LogP) is 2.95. The lowest BCUT2D eigenvalue weighted by molar-refractivity contribution is 1.32. The van der Waals surface area contributed by atoms with Crippen LogP contribution in [0.1, 0.15) is 11.1 Å². The van der Waals surface area contributed by atoms with Gasteiger partial charge in [-0.05, 0) is 36.6 Å². The van der Waals surface area contributed by atoms with Crippen LogP contribution in [0.3, 0.4) is 0 Å². The van der Waals surface area contributed by atoms with Crippen LogP contribution in [0, 0.1) is 13.8 Å². The lowest BCUT2D eigenvalue weighted by Gasteiger charge is -2.07. The quantitative estimate of drug-likeness (QED) is 0.765. The normalized spacial score (nSPS) is 10.3. The summed E-state index contributed by atoms with van der Waals surface area (Å²) in [6.07, 6.45) is 3.45. The van der Waals surface area contributed by atoms with Crippen molar-refractivity contribution in [1.82, 2.24) is 4.98 Å². The number of nitrogens with zero attached hydrogens (tertiary/aromatic N) is 1. The van der Waals surface area contributed by atoms with Crippen molar-refractivity contribution >= 4 is 5.69 Å². The van der Waals surface area contributed by atoms with Crippen molar-refractivity contribution in [1.29, 1.82) is 0 Å². The first-order chi connectivity index (χ1) is 7.18. The standard InChI is InChI=1S/C13H14N2/c1-9-3-4-11(7-10(9)2)12-5-6-15-8-13(12)14/h3-8H,14H2,1-2H3. The van der Waals surface area contributed by atoms with E-state index in [1.165, 1.54) is 11.1 Å². The lowest BCUT2D eigenvalue weighted by atomic mass is 10.0. The Kier molecular flexibility index (Phi) is 2.42. The molecule has 0 unspecified atom stereocenters. The van der Waals surface area contributed by atoms with Crippen molar-refractivity contribution in [2.45, 2.75) is 13.8 Å². The Labute approximate surface area is 89.8 Å². The molecule has 0 saturated heterocycles. The molecule has 2 heteroatoms. The number of aromatic nitrogens is 1. The smallest absolute Gasteiger partial charge is 0.0580 e. The Morgan fingerprint density at radius 2 is 1.87 bits per heavy atom. The molecule has 0 atom stereocenters. The summed E-state index contributed by atoms with van der Waals surface area (Å²) in [6, 6.07) is 8.30. The summed E-state index contributed by atoms with van der Waals surface area (Å²) in [7, 11) is 0. The largest absolute Gasteiger partial charge is 0.397 e. The van der Waals surface area contributed by atoms with E-state index < -0.39 is 0 Å². The number of nitrogens with two attached hydrogens (primary N) is 1. The predicted molar refractivity (Wildman–Crippen MR) is 63.6 cm³/mol. The molecule has 15 heavy (non-hydrogen) atoms. The van der Waals surface area contributed by atoms with Gasteiger partial charge >= 0.3 is 0 Å². The average molecular weight is 198 g/mol. The first-order valence-corrected chi connectivity index (χ1v) is 4.95. The maximum atomic E-state index is 5.88. The van der Waals surface area contributed by atoms with Gasteiger partial charge in [0.2, 0.25) is 0 Å². The number of aryl methyl sites for hydroxylation is 2. The Balaban J connectivity index is 2.55. The number of benzene rings is 1. The van der Waals surface area contributed by atoms with Crippen LogP contribution >= 0.6 is 0 Å². The van der Waals surface area contributed by atoms with E-state index in [-0.39, 0.29) is 0 Å². The number of hydrogen-bond acceptors (Lipinski definition) is 2. The molecule has 0 saturated carbocycles. The molecule has 1 heterocycles. The summed E-state index contributed by atoms with van der Waals surface area (Å²) in [6.45, 7) is 4.21. The monoisotopic (exact) mass is 198 g/mol. The van der Waals surface area contributed by atoms with Gasteiger partial charge in [-0.3, -0.25) is 4.98 Å². The van der Waals surface area contributed by atoms with Gasteiger partial charge in [-0.15, -0.1) is 0 Å². The van der Waals surface area contributed by atoms with Crippen molar-refractivity contribution in [3.8, 4) is 11.1 Å². The van der Waals surface area contributed by atoms with Crippen LogP contribution in [-0.4, -0.2) is 4.98 Å². The summed E-state index contributed by atoms with van der Waals surface area (Å²) < 4.78 is 0. The van der Waals surface area contributed by atoms with Crippen molar-refractivity contribution in [3.63, 3.8) is 0 Å². The second-order valence-electron chi connectivity index (χ2n) is 3.76. The zero-order chi connectivity index (χ0) is 10.8. The summed E-state index contributed by atoms with van der Waals surface area (Å²) in [5.41, 5.74) is 11.4. The van der Waals surface area contributed by atoms with Crippen molar-refractivity contribution in [2.24, 2.45) is 0 Å². The highest BCUT2D eigenvalue weighted by Gasteiger charge is 2.02. The van der Waals surface area contributed by atoms with Crippen LogP contribution in [-0.2, 0) is 0 Å². The maximum absolute atomic E-state index is 5.88. The second-order valence-corrected chi connectivity index (χ2v) is 3.76. The number of nitrogen functional groups attached to an aromatic ring is 1. The van der Waals surface area contributed by atoms with Crippen molar-refractivity contribution in [3.05, 3.63) is 47.8 Å². The molecular weight excluding hydrogens is 184 g/mol. The minimum atomic E-state index is 0.723. The molecule has 0 amide bonds. The molecule has 0 spiro atoms. The number of anilines is 1. The summed E-state index contributed by atoms with van der Waals surface area (Å²) in [5.74, 6) is 0. The Bertz CT molecular complexity index is 490. The van der Waals surface area contributed by atoms with Gasteiger partial charge in [0.05, 0.1) is 11.9 Å². The van der Waals surface area contributed by atoms with Gasteiger partial charge in [-0.2, -0.15) is 0 Å². The summed E-state index contributed by atoms with van der Waals surface area (Å²) in [4.78, 5) is 3.99. The molecule has 0 fully saturated rings. The fourth-order valence-corrected chi connectivity index (χ4v) is 1.58. The van der Waals surface area contributed by atoms with E-state index >= 15 is 0 Å². The molecule has 2 nitrogen and oxygen atoms in total. The van der Waals surface area contributed by atoms with E-state index in [1.807, 2.05) is 6.07 Å². The highest BCUT2D eigenvalue weighted by atomic mass is 14.7. The Morgan fingerprint density at radius 1 is 1.07 bits per heavy atom. The van der Waals surface area contributed by atoms with E-state index in [0.717, 1.165) is 16.8 Å². The van der Waals surface area contributed by atoms with Gasteiger partial charge in [0.15, 0.2) is 0 Å². The van der Waals surface area contributed by atoms with E-state index in [2.05, 4.69) is 37.0 Å². The topological polar surface area (TPSA) is 38.9 Å². The molecule has 1 aromatic heterocycles. The van der Waals surface area contributed by atoms with Gasteiger partial charge in [0, 0.05) is 11.8 Å². The summed E-state index contributed by atoms with van der Waals surface area (Å²) >= 11 is 0. The molecule has 0 aliphatic carbocycles. The maximum Gasteiger partial charge on any atom is 0.0580 e. The number of rotatable bonds is 1. The second kappa shape index (κ2) is 3.73. The first kappa shape index (κ1) is 9.71. The van der Waals surface area contributed by atoms with E-state index in [9.17, 15) is 0 Å². The lowest BCUT2D eigenvalue weighted by Crippen LogP contribution is -1.91. The van der Waals surface area contributed by atoms with E-state index in [0.29, 0.717) is 0 Å². The molecule has 0 aliphatic rings. The van der Waals surface area contributed by atoms with Crippen molar-refractivity contribution < 1.29 is 0 Å². The average Bonchev–Trinajstić information content (AvgIpc) is 2.23. The molecule has 2 aromatic rings. The Hall–Kier alpha value is -1.83. The molecule has 0 bridgehead atoms. The Morgan fingerprint density at radius 3 is 2.53 bits per heavy atom.